The molecular weight excluding hydrogens is 443 g/mol. The largest absolute Gasteiger partial charge is 0.378 e. The summed E-state index contributed by atoms with van der Waals surface area (Å²) in [5.74, 6) is -1.10. The SMILES string of the molecule is O=C(Nc1ccc(N2CCOCC2)c(F)c1)C1(S(=O)(=O)c2ccc(Cl)cc2)CCCC1. The lowest BCUT2D eigenvalue weighted by molar-refractivity contribution is -0.118. The molecule has 0 atom stereocenters. The highest BCUT2D eigenvalue weighted by Gasteiger charge is 2.53. The van der Waals surface area contributed by atoms with Crippen molar-refractivity contribution in [1.29, 1.82) is 0 Å². The lowest BCUT2D eigenvalue weighted by atomic mass is 10.1. The van der Waals surface area contributed by atoms with Gasteiger partial charge in [0.15, 0.2) is 14.6 Å². The molecule has 1 heterocycles. The third-order valence-electron chi connectivity index (χ3n) is 6.02. The lowest BCUT2D eigenvalue weighted by Crippen LogP contribution is -2.47. The first-order chi connectivity index (χ1) is 14.8. The summed E-state index contributed by atoms with van der Waals surface area (Å²) in [4.78, 5) is 15.2. The van der Waals surface area contributed by atoms with Crippen LogP contribution in [0.1, 0.15) is 25.7 Å². The van der Waals surface area contributed by atoms with Crippen LogP contribution < -0.4 is 10.2 Å². The monoisotopic (exact) mass is 466 g/mol. The minimum absolute atomic E-state index is 0.0581. The number of sulfone groups is 1. The molecule has 31 heavy (non-hydrogen) atoms. The first-order valence-electron chi connectivity index (χ1n) is 10.3. The van der Waals surface area contributed by atoms with E-state index in [1.807, 2.05) is 4.90 Å². The van der Waals surface area contributed by atoms with Gasteiger partial charge in [0.1, 0.15) is 5.82 Å². The van der Waals surface area contributed by atoms with E-state index in [0.717, 1.165) is 0 Å². The fraction of sp³-hybridized carbons (Fsp3) is 0.409. The number of ether oxygens (including phenoxy) is 1. The van der Waals surface area contributed by atoms with Crippen molar-refractivity contribution in [3.05, 3.63) is 53.3 Å². The van der Waals surface area contributed by atoms with Gasteiger partial charge in [0.2, 0.25) is 5.91 Å². The maximum Gasteiger partial charge on any atom is 0.246 e. The zero-order chi connectivity index (χ0) is 22.1. The van der Waals surface area contributed by atoms with Gasteiger partial charge in [-0.1, -0.05) is 24.4 Å². The van der Waals surface area contributed by atoms with E-state index >= 15 is 0 Å². The maximum atomic E-state index is 14.7. The zero-order valence-electron chi connectivity index (χ0n) is 16.9. The van der Waals surface area contributed by atoms with Gasteiger partial charge >= 0.3 is 0 Å². The van der Waals surface area contributed by atoms with Crippen LogP contribution in [0.3, 0.4) is 0 Å². The summed E-state index contributed by atoms with van der Waals surface area (Å²) in [6.07, 6.45) is 1.70. The summed E-state index contributed by atoms with van der Waals surface area (Å²) in [6.45, 7) is 2.24. The van der Waals surface area contributed by atoms with Crippen LogP contribution in [-0.4, -0.2) is 45.4 Å². The minimum Gasteiger partial charge on any atom is -0.378 e. The molecule has 1 saturated carbocycles. The first kappa shape index (κ1) is 22.0. The lowest BCUT2D eigenvalue weighted by Gasteiger charge is -2.30. The smallest absolute Gasteiger partial charge is 0.246 e. The van der Waals surface area contributed by atoms with Crippen molar-refractivity contribution in [2.45, 2.75) is 35.3 Å². The molecule has 1 aliphatic heterocycles. The topological polar surface area (TPSA) is 75.7 Å². The van der Waals surface area contributed by atoms with Crippen LogP contribution in [0.4, 0.5) is 15.8 Å². The van der Waals surface area contributed by atoms with Gasteiger partial charge in [0.05, 0.1) is 23.8 Å². The van der Waals surface area contributed by atoms with E-state index in [4.69, 9.17) is 16.3 Å². The fourth-order valence-corrected chi connectivity index (χ4v) is 6.49. The second-order valence-corrected chi connectivity index (χ2v) is 10.6. The molecule has 2 aromatic rings. The summed E-state index contributed by atoms with van der Waals surface area (Å²) >= 11 is 5.89. The number of carbonyl (C=O) groups excluding carboxylic acids is 1. The van der Waals surface area contributed by atoms with Crippen molar-refractivity contribution in [1.82, 2.24) is 0 Å². The standard InChI is InChI=1S/C22H24ClFN2O4S/c23-16-3-6-18(7-4-16)31(28,29)22(9-1-2-10-22)21(27)25-17-5-8-20(19(24)15-17)26-11-13-30-14-12-26/h3-8,15H,1-2,9-14H2,(H,25,27). The fourth-order valence-electron chi connectivity index (χ4n) is 4.29. The van der Waals surface area contributed by atoms with Crippen LogP contribution in [0.15, 0.2) is 47.4 Å². The van der Waals surface area contributed by atoms with Crippen LogP contribution in [0.2, 0.25) is 5.02 Å². The number of amides is 1. The van der Waals surface area contributed by atoms with Crippen LogP contribution in [-0.2, 0) is 19.4 Å². The number of hydrogen-bond donors (Lipinski definition) is 1. The molecule has 1 amide bonds. The summed E-state index contributed by atoms with van der Waals surface area (Å²) in [6, 6.07) is 10.3. The summed E-state index contributed by atoms with van der Waals surface area (Å²) in [5, 5.41) is 3.07. The molecule has 1 saturated heterocycles. The molecule has 0 unspecified atom stereocenters. The van der Waals surface area contributed by atoms with Gasteiger partial charge in [0.25, 0.3) is 0 Å². The van der Waals surface area contributed by atoms with Gasteiger partial charge in [-0.2, -0.15) is 0 Å². The molecule has 9 heteroatoms. The third kappa shape index (κ3) is 4.16. The Bertz CT molecular complexity index is 1060. The highest BCUT2D eigenvalue weighted by Crippen LogP contribution is 2.41. The van der Waals surface area contributed by atoms with Crippen molar-refractivity contribution in [3.63, 3.8) is 0 Å². The molecule has 4 rings (SSSR count). The summed E-state index contributed by atoms with van der Waals surface area (Å²) in [7, 11) is -3.96. The zero-order valence-corrected chi connectivity index (χ0v) is 18.5. The predicted molar refractivity (Wildman–Crippen MR) is 118 cm³/mol. The maximum absolute atomic E-state index is 14.7. The Morgan fingerprint density at radius 2 is 1.71 bits per heavy atom. The van der Waals surface area contributed by atoms with E-state index in [1.54, 1.807) is 12.1 Å². The van der Waals surface area contributed by atoms with E-state index in [1.165, 1.54) is 30.3 Å². The normalized spacial score (nSPS) is 18.7. The van der Waals surface area contributed by atoms with Gasteiger partial charge in [-0.25, -0.2) is 12.8 Å². The Morgan fingerprint density at radius 1 is 1.06 bits per heavy atom. The second-order valence-electron chi connectivity index (χ2n) is 7.88. The van der Waals surface area contributed by atoms with E-state index in [9.17, 15) is 17.6 Å². The molecule has 0 spiro atoms. The quantitative estimate of drug-likeness (QED) is 0.719. The Hall–Kier alpha value is -2.16. The molecule has 2 fully saturated rings. The van der Waals surface area contributed by atoms with E-state index in [2.05, 4.69) is 5.32 Å². The van der Waals surface area contributed by atoms with Crippen molar-refractivity contribution in [3.8, 4) is 0 Å². The Labute approximate surface area is 186 Å². The number of nitrogens with one attached hydrogen (secondary N) is 1. The molecule has 0 aromatic heterocycles. The molecule has 2 aliphatic rings. The number of rotatable bonds is 5. The molecule has 1 aliphatic carbocycles. The molecule has 1 N–H and O–H groups in total. The number of benzene rings is 2. The molecule has 0 bridgehead atoms. The van der Waals surface area contributed by atoms with Crippen molar-refractivity contribution in [2.24, 2.45) is 0 Å². The highest BCUT2D eigenvalue weighted by molar-refractivity contribution is 7.93. The van der Waals surface area contributed by atoms with E-state index in [-0.39, 0.29) is 23.4 Å². The number of carbonyl (C=O) groups is 1. The molecule has 166 valence electrons. The van der Waals surface area contributed by atoms with Crippen LogP contribution in [0.5, 0.6) is 0 Å². The van der Waals surface area contributed by atoms with Crippen LogP contribution >= 0.6 is 11.6 Å². The van der Waals surface area contributed by atoms with Crippen molar-refractivity contribution >= 4 is 38.7 Å². The number of anilines is 2. The Balaban J connectivity index is 1.59. The van der Waals surface area contributed by atoms with Gasteiger partial charge in [-0.3, -0.25) is 4.79 Å². The summed E-state index contributed by atoms with van der Waals surface area (Å²) < 4.78 is 45.3. The van der Waals surface area contributed by atoms with Gasteiger partial charge in [-0.15, -0.1) is 0 Å². The third-order valence-corrected chi connectivity index (χ3v) is 8.79. The average Bonchev–Trinajstić information content (AvgIpc) is 3.27. The molecule has 6 nitrogen and oxygen atoms in total. The highest BCUT2D eigenvalue weighted by atomic mass is 35.5. The van der Waals surface area contributed by atoms with Crippen molar-refractivity contribution < 1.29 is 22.3 Å². The first-order valence-corrected chi connectivity index (χ1v) is 12.1. The van der Waals surface area contributed by atoms with Crippen molar-refractivity contribution in [2.75, 3.05) is 36.5 Å². The number of nitrogens with zero attached hydrogens (tertiary/aromatic N) is 1. The molecule has 2 aromatic carbocycles. The van der Waals surface area contributed by atoms with Gasteiger partial charge in [-0.05, 0) is 55.3 Å². The van der Waals surface area contributed by atoms with E-state index in [0.29, 0.717) is 49.9 Å². The second kappa shape index (κ2) is 8.76. The Kier molecular flexibility index (Phi) is 6.23. The number of hydrogen-bond acceptors (Lipinski definition) is 5. The van der Waals surface area contributed by atoms with Crippen LogP contribution in [0.25, 0.3) is 0 Å². The van der Waals surface area contributed by atoms with Gasteiger partial charge < -0.3 is 15.0 Å². The minimum atomic E-state index is -3.96. The molecule has 0 radical (unpaired) electrons. The average molecular weight is 467 g/mol. The predicted octanol–water partition coefficient (Wildman–Crippen LogP) is 4.04. The number of morpholine rings is 1. The van der Waals surface area contributed by atoms with Gasteiger partial charge in [0, 0.05) is 23.8 Å². The van der Waals surface area contributed by atoms with E-state index < -0.39 is 26.3 Å². The Morgan fingerprint density at radius 3 is 2.32 bits per heavy atom. The van der Waals surface area contributed by atoms with Crippen LogP contribution in [0, 0.1) is 5.82 Å². The summed E-state index contributed by atoms with van der Waals surface area (Å²) in [5.41, 5.74) is 0.669. The number of halogens is 2. The molecular formula is C22H24ClFN2O4S.